The number of aromatic nitrogens is 1. The summed E-state index contributed by atoms with van der Waals surface area (Å²) < 4.78 is 0. The maximum absolute atomic E-state index is 12.3. The van der Waals surface area contributed by atoms with E-state index in [9.17, 15) is 4.79 Å². The number of nitrogens with one attached hydrogen (secondary N) is 1. The molecule has 0 fully saturated rings. The molecule has 0 radical (unpaired) electrons. The first-order chi connectivity index (χ1) is 12.5. The third-order valence-corrected chi connectivity index (χ3v) is 5.34. The number of anilines is 1. The number of pyridine rings is 1. The van der Waals surface area contributed by atoms with E-state index in [1.165, 1.54) is 16.6 Å². The van der Waals surface area contributed by atoms with E-state index >= 15 is 0 Å². The Kier molecular flexibility index (Phi) is 6.27. The monoisotopic (exact) mass is 406 g/mol. The fourth-order valence-corrected chi connectivity index (χ4v) is 3.85. The van der Waals surface area contributed by atoms with Gasteiger partial charge < -0.3 is 10.6 Å². The molecule has 4 nitrogen and oxygen atoms in total. The summed E-state index contributed by atoms with van der Waals surface area (Å²) in [7, 11) is 0. The fraction of sp³-hybridized carbons (Fsp3) is 0.158. The Bertz CT molecular complexity index is 882. The van der Waals surface area contributed by atoms with Crippen LogP contribution < -0.4 is 10.6 Å². The van der Waals surface area contributed by atoms with Gasteiger partial charge in [-0.25, -0.2) is 4.98 Å². The zero-order chi connectivity index (χ0) is 18.5. The van der Waals surface area contributed by atoms with Crippen LogP contribution in [0.2, 0.25) is 10.0 Å². The van der Waals surface area contributed by atoms with E-state index in [4.69, 9.17) is 23.2 Å². The van der Waals surface area contributed by atoms with Crippen LogP contribution in [0.4, 0.5) is 5.82 Å². The van der Waals surface area contributed by atoms with Crippen molar-refractivity contribution in [2.75, 3.05) is 11.9 Å². The molecule has 0 saturated heterocycles. The number of carbonyl (C=O) groups is 1. The van der Waals surface area contributed by atoms with Gasteiger partial charge >= 0.3 is 0 Å². The molecule has 2 aromatic heterocycles. The Morgan fingerprint density at radius 2 is 2.04 bits per heavy atom. The molecular weight excluding hydrogens is 389 g/mol. The third kappa shape index (κ3) is 4.83. The molecule has 26 heavy (non-hydrogen) atoms. The second-order valence-corrected chi connectivity index (χ2v) is 7.70. The van der Waals surface area contributed by atoms with Gasteiger partial charge in [0.25, 0.3) is 5.91 Å². The number of nitrogens with two attached hydrogens (primary N) is 1. The highest BCUT2D eigenvalue weighted by molar-refractivity contribution is 7.10. The quantitative estimate of drug-likeness (QED) is 0.648. The SMILES string of the molecule is Cc1ccc([C@@H]([NH2+]CC(=O)Nc2ncc(Cl)cc2Cl)c2cccs2)cc1. The Balaban J connectivity index is 1.69. The van der Waals surface area contributed by atoms with Crippen molar-refractivity contribution < 1.29 is 10.1 Å². The third-order valence-electron chi connectivity index (χ3n) is 3.89. The first-order valence-electron chi connectivity index (χ1n) is 8.07. The molecule has 3 aromatic rings. The molecule has 0 aliphatic heterocycles. The summed E-state index contributed by atoms with van der Waals surface area (Å²) in [5, 5.41) is 7.53. The molecule has 1 amide bonds. The van der Waals surface area contributed by atoms with Crippen LogP contribution in [0.5, 0.6) is 0 Å². The number of carbonyl (C=O) groups excluding carboxylic acids is 1. The van der Waals surface area contributed by atoms with Gasteiger partial charge in [0.1, 0.15) is 6.04 Å². The average molecular weight is 407 g/mol. The van der Waals surface area contributed by atoms with E-state index in [2.05, 4.69) is 47.6 Å². The molecule has 0 bridgehead atoms. The summed E-state index contributed by atoms with van der Waals surface area (Å²) >= 11 is 13.6. The van der Waals surface area contributed by atoms with Crippen molar-refractivity contribution in [2.45, 2.75) is 13.0 Å². The van der Waals surface area contributed by atoms with Gasteiger partial charge in [-0.3, -0.25) is 4.79 Å². The number of thiophene rings is 1. The standard InChI is InChI=1S/C19H17Cl2N3OS/c1-12-4-6-13(7-5-12)18(16-3-2-8-26-16)22-11-17(25)24-19-15(21)9-14(20)10-23-19/h2-10,18,22H,11H2,1H3,(H,23,24,25)/p+1/t18-/m1/s1. The summed E-state index contributed by atoms with van der Waals surface area (Å²) in [6.45, 7) is 2.31. The lowest BCUT2D eigenvalue weighted by atomic mass is 10.0. The molecule has 3 N–H and O–H groups in total. The largest absolute Gasteiger partial charge is 0.328 e. The minimum absolute atomic E-state index is 0.0648. The van der Waals surface area contributed by atoms with Gasteiger partial charge in [0.2, 0.25) is 0 Å². The highest BCUT2D eigenvalue weighted by atomic mass is 35.5. The smallest absolute Gasteiger partial charge is 0.280 e. The molecule has 0 unspecified atom stereocenters. The van der Waals surface area contributed by atoms with Crippen LogP contribution in [0, 0.1) is 6.92 Å². The maximum Gasteiger partial charge on any atom is 0.280 e. The molecule has 3 rings (SSSR count). The second-order valence-electron chi connectivity index (χ2n) is 5.88. The van der Waals surface area contributed by atoms with Gasteiger partial charge in [-0.2, -0.15) is 0 Å². The molecule has 1 atom stereocenters. The summed E-state index contributed by atoms with van der Waals surface area (Å²) in [6, 6.07) is 14.1. The van der Waals surface area contributed by atoms with E-state index in [0.717, 1.165) is 5.56 Å². The normalized spacial score (nSPS) is 12.0. The van der Waals surface area contributed by atoms with Crippen LogP contribution in [0.1, 0.15) is 22.0 Å². The summed E-state index contributed by atoms with van der Waals surface area (Å²) in [4.78, 5) is 17.6. The number of hydrogen-bond acceptors (Lipinski definition) is 3. The van der Waals surface area contributed by atoms with Crippen molar-refractivity contribution in [1.29, 1.82) is 0 Å². The number of halogens is 2. The molecule has 134 valence electrons. The molecule has 0 aliphatic rings. The minimum atomic E-state index is -0.171. The highest BCUT2D eigenvalue weighted by Gasteiger charge is 2.20. The number of hydrogen-bond donors (Lipinski definition) is 2. The Hall–Kier alpha value is -1.92. The number of amides is 1. The van der Waals surface area contributed by atoms with Crippen molar-refractivity contribution in [3.8, 4) is 0 Å². The van der Waals surface area contributed by atoms with E-state index < -0.39 is 0 Å². The molecule has 1 aromatic carbocycles. The topological polar surface area (TPSA) is 58.6 Å². The van der Waals surface area contributed by atoms with Gasteiger partial charge in [0, 0.05) is 11.8 Å². The summed E-state index contributed by atoms with van der Waals surface area (Å²) in [6.07, 6.45) is 1.45. The minimum Gasteiger partial charge on any atom is -0.328 e. The molecule has 0 spiro atoms. The number of quaternary nitrogens is 1. The lowest BCUT2D eigenvalue weighted by molar-refractivity contribution is -0.675. The van der Waals surface area contributed by atoms with Crippen molar-refractivity contribution in [2.24, 2.45) is 0 Å². The van der Waals surface area contributed by atoms with Crippen molar-refractivity contribution in [1.82, 2.24) is 4.98 Å². The lowest BCUT2D eigenvalue weighted by Crippen LogP contribution is -2.87. The van der Waals surface area contributed by atoms with E-state index in [0.29, 0.717) is 15.9 Å². The molecule has 0 saturated carbocycles. The van der Waals surface area contributed by atoms with Gasteiger partial charge in [-0.1, -0.05) is 59.1 Å². The highest BCUT2D eigenvalue weighted by Crippen LogP contribution is 2.24. The lowest BCUT2D eigenvalue weighted by Gasteiger charge is -2.15. The Morgan fingerprint density at radius 3 is 2.69 bits per heavy atom. The Morgan fingerprint density at radius 1 is 1.27 bits per heavy atom. The number of benzene rings is 1. The average Bonchev–Trinajstić information content (AvgIpc) is 3.13. The first kappa shape index (κ1) is 18.9. The maximum atomic E-state index is 12.3. The van der Waals surface area contributed by atoms with Crippen molar-refractivity contribution in [3.63, 3.8) is 0 Å². The second kappa shape index (κ2) is 8.64. The van der Waals surface area contributed by atoms with Crippen LogP contribution in [0.15, 0.2) is 54.0 Å². The summed E-state index contributed by atoms with van der Waals surface area (Å²) in [5.41, 5.74) is 2.37. The van der Waals surface area contributed by atoms with Crippen LogP contribution in [-0.4, -0.2) is 17.4 Å². The molecule has 2 heterocycles. The number of rotatable bonds is 6. The first-order valence-corrected chi connectivity index (χ1v) is 9.70. The van der Waals surface area contributed by atoms with Crippen molar-refractivity contribution >= 4 is 46.3 Å². The van der Waals surface area contributed by atoms with Gasteiger partial charge in [-0.05, 0) is 24.4 Å². The van der Waals surface area contributed by atoms with Crippen LogP contribution in [0.3, 0.4) is 0 Å². The Labute approximate surface area is 166 Å². The zero-order valence-corrected chi connectivity index (χ0v) is 16.4. The predicted molar refractivity (Wildman–Crippen MR) is 107 cm³/mol. The van der Waals surface area contributed by atoms with Crippen LogP contribution >= 0.6 is 34.5 Å². The van der Waals surface area contributed by atoms with Gasteiger partial charge in [-0.15, -0.1) is 11.3 Å². The molecule has 0 aliphatic carbocycles. The predicted octanol–water partition coefficient (Wildman–Crippen LogP) is 4.05. The zero-order valence-electron chi connectivity index (χ0n) is 14.1. The number of aryl methyl sites for hydroxylation is 1. The van der Waals surface area contributed by atoms with E-state index in [1.54, 1.807) is 17.4 Å². The van der Waals surface area contributed by atoms with Gasteiger partial charge in [0.15, 0.2) is 12.4 Å². The van der Waals surface area contributed by atoms with Crippen LogP contribution in [-0.2, 0) is 4.79 Å². The van der Waals surface area contributed by atoms with Gasteiger partial charge in [0.05, 0.1) is 14.9 Å². The van der Waals surface area contributed by atoms with E-state index in [1.807, 2.05) is 16.8 Å². The molecular formula is C19H18Cl2N3OS+. The van der Waals surface area contributed by atoms with E-state index in [-0.39, 0.29) is 18.5 Å². The summed E-state index contributed by atoms with van der Waals surface area (Å²) in [5.74, 6) is 0.146. The van der Waals surface area contributed by atoms with Crippen molar-refractivity contribution in [3.05, 3.63) is 80.1 Å². The van der Waals surface area contributed by atoms with Crippen LogP contribution in [0.25, 0.3) is 0 Å². The number of nitrogens with zero attached hydrogens (tertiary/aromatic N) is 1. The molecule has 7 heteroatoms. The fourth-order valence-electron chi connectivity index (χ4n) is 2.57.